The third-order valence-electron chi connectivity index (χ3n) is 5.38. The fourth-order valence-corrected chi connectivity index (χ4v) is 3.79. The summed E-state index contributed by atoms with van der Waals surface area (Å²) in [6, 6.07) is 10.4. The molecule has 0 aliphatic carbocycles. The van der Waals surface area contributed by atoms with E-state index in [9.17, 15) is 9.90 Å². The van der Waals surface area contributed by atoms with Crippen LogP contribution >= 0.6 is 0 Å². The zero-order valence-electron chi connectivity index (χ0n) is 15.0. The smallest absolute Gasteiger partial charge is 0.224 e. The largest absolute Gasteiger partial charge is 0.394 e. The van der Waals surface area contributed by atoms with Gasteiger partial charge < -0.3 is 19.6 Å². The Balaban J connectivity index is 1.43. The highest BCUT2D eigenvalue weighted by Crippen LogP contribution is 2.21. The van der Waals surface area contributed by atoms with E-state index in [1.807, 2.05) is 6.07 Å². The van der Waals surface area contributed by atoms with Gasteiger partial charge in [-0.3, -0.25) is 9.69 Å². The Morgan fingerprint density at radius 2 is 1.92 bits per heavy atom. The fourth-order valence-electron chi connectivity index (χ4n) is 3.79. The van der Waals surface area contributed by atoms with E-state index in [1.165, 1.54) is 5.69 Å². The number of hydrogen-bond donors (Lipinski definition) is 1. The second kappa shape index (κ2) is 8.65. The lowest BCUT2D eigenvalue weighted by molar-refractivity contribution is -0.133. The summed E-state index contributed by atoms with van der Waals surface area (Å²) in [5.74, 6) is 0.129. The zero-order valence-corrected chi connectivity index (χ0v) is 15.0. The summed E-state index contributed by atoms with van der Waals surface area (Å²) in [4.78, 5) is 19.1. The molecule has 1 aromatic carbocycles. The molecule has 25 heavy (non-hydrogen) atoms. The number of carbonyl (C=O) groups excluding carboxylic acids is 1. The van der Waals surface area contributed by atoms with Crippen LogP contribution in [-0.2, 0) is 9.53 Å². The second-order valence-corrected chi connectivity index (χ2v) is 6.89. The normalized spacial score (nSPS) is 24.7. The molecular formula is C19H29N3O3. The maximum atomic E-state index is 12.5. The summed E-state index contributed by atoms with van der Waals surface area (Å²) in [5, 5.41) is 9.49. The van der Waals surface area contributed by atoms with E-state index in [1.54, 1.807) is 12.0 Å². The van der Waals surface area contributed by atoms with Gasteiger partial charge in [0.1, 0.15) is 0 Å². The van der Waals surface area contributed by atoms with Crippen LogP contribution in [0, 0.1) is 0 Å². The van der Waals surface area contributed by atoms with Crippen LogP contribution in [0.25, 0.3) is 0 Å². The van der Waals surface area contributed by atoms with Crippen molar-refractivity contribution in [3.8, 4) is 0 Å². The minimum absolute atomic E-state index is 0.0152. The molecule has 6 heteroatoms. The van der Waals surface area contributed by atoms with Gasteiger partial charge >= 0.3 is 0 Å². The summed E-state index contributed by atoms with van der Waals surface area (Å²) < 4.78 is 5.35. The molecule has 2 saturated heterocycles. The molecule has 1 N–H and O–H groups in total. The first-order chi connectivity index (χ1) is 12.2. The average Bonchev–Trinajstić information content (AvgIpc) is 3.11. The SMILES string of the molecule is CO[C@@H]1C[C@@H](CO)N(C(=O)CCN2CCN(c3ccccc3)CC2)C1. The summed E-state index contributed by atoms with van der Waals surface area (Å²) in [6.07, 6.45) is 1.29. The van der Waals surface area contributed by atoms with Gasteiger partial charge in [-0.1, -0.05) is 18.2 Å². The maximum absolute atomic E-state index is 12.5. The van der Waals surface area contributed by atoms with Crippen molar-refractivity contribution in [1.82, 2.24) is 9.80 Å². The minimum atomic E-state index is -0.0904. The van der Waals surface area contributed by atoms with Crippen LogP contribution in [0.5, 0.6) is 0 Å². The number of ether oxygens (including phenoxy) is 1. The second-order valence-electron chi connectivity index (χ2n) is 6.89. The third kappa shape index (κ3) is 4.51. The van der Waals surface area contributed by atoms with E-state index in [4.69, 9.17) is 4.74 Å². The van der Waals surface area contributed by atoms with Crippen molar-refractivity contribution in [3.05, 3.63) is 30.3 Å². The number of anilines is 1. The molecule has 0 spiro atoms. The molecule has 2 aliphatic heterocycles. The number of rotatable bonds is 6. The monoisotopic (exact) mass is 347 g/mol. The number of para-hydroxylation sites is 1. The molecule has 0 unspecified atom stereocenters. The number of methoxy groups -OCH3 is 1. The summed E-state index contributed by atoms with van der Waals surface area (Å²) in [5.41, 5.74) is 1.27. The van der Waals surface area contributed by atoms with Crippen molar-refractivity contribution in [1.29, 1.82) is 0 Å². The van der Waals surface area contributed by atoms with Gasteiger partial charge in [0.2, 0.25) is 5.91 Å². The Hall–Kier alpha value is -1.63. The van der Waals surface area contributed by atoms with Crippen LogP contribution in [-0.4, -0.2) is 85.9 Å². The molecule has 3 rings (SSSR count). The van der Waals surface area contributed by atoms with Gasteiger partial charge in [-0.2, -0.15) is 0 Å². The van der Waals surface area contributed by atoms with Crippen LogP contribution in [0.1, 0.15) is 12.8 Å². The molecule has 0 bridgehead atoms. The van der Waals surface area contributed by atoms with Crippen LogP contribution in [0.4, 0.5) is 5.69 Å². The van der Waals surface area contributed by atoms with Crippen LogP contribution in [0.15, 0.2) is 30.3 Å². The number of carbonyl (C=O) groups is 1. The lowest BCUT2D eigenvalue weighted by Gasteiger charge is -2.36. The first-order valence-electron chi connectivity index (χ1n) is 9.16. The molecule has 0 saturated carbocycles. The van der Waals surface area contributed by atoms with E-state index in [0.717, 1.165) is 39.1 Å². The molecule has 6 nitrogen and oxygen atoms in total. The summed E-state index contributed by atoms with van der Waals surface area (Å²) in [6.45, 7) is 5.34. The molecule has 2 aliphatic rings. The number of likely N-dealkylation sites (tertiary alicyclic amines) is 1. The van der Waals surface area contributed by atoms with Gasteiger partial charge in [0.05, 0.1) is 18.8 Å². The van der Waals surface area contributed by atoms with Crippen molar-refractivity contribution in [2.75, 3.05) is 57.9 Å². The van der Waals surface area contributed by atoms with E-state index < -0.39 is 0 Å². The Labute approximate surface area is 150 Å². The zero-order chi connectivity index (χ0) is 17.6. The van der Waals surface area contributed by atoms with Gasteiger partial charge in [-0.25, -0.2) is 0 Å². The number of hydrogen-bond acceptors (Lipinski definition) is 5. The maximum Gasteiger partial charge on any atom is 0.224 e. The lowest BCUT2D eigenvalue weighted by atomic mass is 10.2. The number of amides is 1. The van der Waals surface area contributed by atoms with E-state index >= 15 is 0 Å². The molecule has 2 atom stereocenters. The number of piperazine rings is 1. The average molecular weight is 347 g/mol. The van der Waals surface area contributed by atoms with Crippen molar-refractivity contribution in [3.63, 3.8) is 0 Å². The van der Waals surface area contributed by atoms with Gasteiger partial charge in [0.25, 0.3) is 0 Å². The Morgan fingerprint density at radius 3 is 2.56 bits per heavy atom. The first kappa shape index (κ1) is 18.2. The molecular weight excluding hydrogens is 318 g/mol. The fraction of sp³-hybridized carbons (Fsp3) is 0.632. The molecule has 2 fully saturated rings. The Bertz CT molecular complexity index is 546. The standard InChI is InChI=1S/C19H29N3O3/c1-25-18-13-17(15-23)22(14-18)19(24)7-8-20-9-11-21(12-10-20)16-5-3-2-4-6-16/h2-6,17-18,23H,7-15H2,1H3/t17-,18+/m0/s1. The summed E-state index contributed by atoms with van der Waals surface area (Å²) in [7, 11) is 1.67. The van der Waals surface area contributed by atoms with Crippen molar-refractivity contribution in [2.45, 2.75) is 25.0 Å². The van der Waals surface area contributed by atoms with E-state index in [-0.39, 0.29) is 24.7 Å². The quantitative estimate of drug-likeness (QED) is 0.825. The minimum Gasteiger partial charge on any atom is -0.394 e. The van der Waals surface area contributed by atoms with E-state index in [0.29, 0.717) is 13.0 Å². The predicted octanol–water partition coefficient (Wildman–Crippen LogP) is 0.807. The molecule has 1 amide bonds. The van der Waals surface area contributed by atoms with Gasteiger partial charge in [-0.05, 0) is 18.6 Å². The molecule has 2 heterocycles. The van der Waals surface area contributed by atoms with E-state index in [2.05, 4.69) is 34.1 Å². The number of aliphatic hydroxyl groups excluding tert-OH is 1. The van der Waals surface area contributed by atoms with Gasteiger partial charge in [0.15, 0.2) is 0 Å². The Morgan fingerprint density at radius 1 is 1.20 bits per heavy atom. The topological polar surface area (TPSA) is 56.3 Å². The molecule has 138 valence electrons. The van der Waals surface area contributed by atoms with Crippen molar-refractivity contribution in [2.24, 2.45) is 0 Å². The van der Waals surface area contributed by atoms with Crippen LogP contribution < -0.4 is 4.90 Å². The van der Waals surface area contributed by atoms with Gasteiger partial charge in [-0.15, -0.1) is 0 Å². The van der Waals surface area contributed by atoms with Crippen molar-refractivity contribution >= 4 is 11.6 Å². The van der Waals surface area contributed by atoms with Crippen LogP contribution in [0.2, 0.25) is 0 Å². The molecule has 0 aromatic heterocycles. The molecule has 1 aromatic rings. The first-order valence-corrected chi connectivity index (χ1v) is 9.16. The highest BCUT2D eigenvalue weighted by molar-refractivity contribution is 5.77. The summed E-state index contributed by atoms with van der Waals surface area (Å²) >= 11 is 0. The molecule has 0 radical (unpaired) electrons. The third-order valence-corrected chi connectivity index (χ3v) is 5.38. The predicted molar refractivity (Wildman–Crippen MR) is 97.7 cm³/mol. The number of nitrogens with zero attached hydrogens (tertiary/aromatic N) is 3. The Kier molecular flexibility index (Phi) is 6.29. The van der Waals surface area contributed by atoms with Gasteiger partial charge in [0, 0.05) is 58.5 Å². The lowest BCUT2D eigenvalue weighted by Crippen LogP contribution is -2.47. The highest BCUT2D eigenvalue weighted by atomic mass is 16.5. The highest BCUT2D eigenvalue weighted by Gasteiger charge is 2.34. The number of benzene rings is 1. The van der Waals surface area contributed by atoms with Crippen molar-refractivity contribution < 1.29 is 14.6 Å². The number of aliphatic hydroxyl groups is 1. The van der Waals surface area contributed by atoms with Crippen LogP contribution in [0.3, 0.4) is 0 Å².